The molecule has 0 fully saturated rings. The van der Waals surface area contributed by atoms with Crippen molar-refractivity contribution in [3.63, 3.8) is 0 Å². The monoisotopic (exact) mass is 161 g/mol. The van der Waals surface area contributed by atoms with Crippen LogP contribution in [0.25, 0.3) is 0 Å². The van der Waals surface area contributed by atoms with Crippen LogP contribution >= 0.6 is 0 Å². The summed E-state index contributed by atoms with van der Waals surface area (Å²) >= 11 is 0. The van der Waals surface area contributed by atoms with E-state index in [0.717, 1.165) is 6.42 Å². The van der Waals surface area contributed by atoms with E-state index in [4.69, 9.17) is 4.74 Å². The summed E-state index contributed by atoms with van der Waals surface area (Å²) in [7, 11) is 0. The van der Waals surface area contributed by atoms with Gasteiger partial charge in [0.05, 0.1) is 6.61 Å². The van der Waals surface area contributed by atoms with Crippen molar-refractivity contribution >= 4 is 6.09 Å². The Morgan fingerprint density at radius 1 is 1.64 bits per heavy atom. The normalized spacial score (nSPS) is 9.82. The second-order valence-corrected chi connectivity index (χ2v) is 2.91. The zero-order chi connectivity index (χ0) is 8.69. The number of hydrogen-bond donors (Lipinski definition) is 1. The average Bonchev–Trinajstić information content (AvgIpc) is 1.97. The standard InChI is InChI=1S/C8H17NO2.H2/c1-4-5-11-8(10)9-6-7(2)3;/h7H,4-6H2,1-3H3,(H,9,10);1H. The summed E-state index contributed by atoms with van der Waals surface area (Å²) in [5.41, 5.74) is 0. The number of ether oxygens (including phenoxy) is 1. The third kappa shape index (κ3) is 7.16. The van der Waals surface area contributed by atoms with Crippen LogP contribution in [0.15, 0.2) is 0 Å². The van der Waals surface area contributed by atoms with Crippen LogP contribution in [0.4, 0.5) is 4.79 Å². The fourth-order valence-electron chi connectivity index (χ4n) is 0.533. The lowest BCUT2D eigenvalue weighted by Gasteiger charge is -2.07. The number of rotatable bonds is 4. The molecule has 0 aliphatic heterocycles. The Labute approximate surface area is 69.6 Å². The van der Waals surface area contributed by atoms with Crippen LogP contribution in [0, 0.1) is 5.92 Å². The molecular weight excluding hydrogens is 142 g/mol. The fraction of sp³-hybridized carbons (Fsp3) is 0.875. The minimum atomic E-state index is -0.305. The van der Waals surface area contributed by atoms with E-state index in [-0.39, 0.29) is 7.52 Å². The van der Waals surface area contributed by atoms with E-state index in [2.05, 4.69) is 5.32 Å². The Bertz CT molecular complexity index is 118. The van der Waals surface area contributed by atoms with Gasteiger partial charge in [0.2, 0.25) is 0 Å². The molecule has 0 unspecified atom stereocenters. The molecular formula is C8H19NO2. The highest BCUT2D eigenvalue weighted by Crippen LogP contribution is 1.88. The predicted molar refractivity (Wildman–Crippen MR) is 46.6 cm³/mol. The van der Waals surface area contributed by atoms with Crippen LogP contribution in [-0.4, -0.2) is 19.2 Å². The summed E-state index contributed by atoms with van der Waals surface area (Å²) in [5.74, 6) is 0.476. The maximum atomic E-state index is 10.8. The van der Waals surface area contributed by atoms with Crippen LogP contribution in [0.1, 0.15) is 28.6 Å². The van der Waals surface area contributed by atoms with Gasteiger partial charge < -0.3 is 10.1 Å². The summed E-state index contributed by atoms with van der Waals surface area (Å²) in [6.45, 7) is 7.24. The number of carbonyl (C=O) groups is 1. The van der Waals surface area contributed by atoms with Crippen LogP contribution in [0.5, 0.6) is 0 Å². The number of nitrogens with one attached hydrogen (secondary N) is 1. The zero-order valence-electron chi connectivity index (χ0n) is 7.52. The molecule has 0 heterocycles. The van der Waals surface area contributed by atoms with Gasteiger partial charge in [0.25, 0.3) is 0 Å². The molecule has 0 spiro atoms. The SMILES string of the molecule is CCCOC(=O)NCC(C)C.[HH]. The molecule has 0 radical (unpaired) electrons. The molecule has 0 atom stereocenters. The van der Waals surface area contributed by atoms with Crippen molar-refractivity contribution in [2.24, 2.45) is 5.92 Å². The second kappa shape index (κ2) is 6.01. The zero-order valence-corrected chi connectivity index (χ0v) is 7.52. The number of carbonyl (C=O) groups excluding carboxylic acids is 1. The molecule has 3 heteroatoms. The molecule has 0 aromatic rings. The molecule has 0 aliphatic rings. The molecule has 3 nitrogen and oxygen atoms in total. The summed E-state index contributed by atoms with van der Waals surface area (Å²) in [6.07, 6.45) is 0.565. The highest BCUT2D eigenvalue weighted by molar-refractivity contribution is 5.66. The summed E-state index contributed by atoms with van der Waals surface area (Å²) in [5, 5.41) is 2.66. The summed E-state index contributed by atoms with van der Waals surface area (Å²) < 4.78 is 4.79. The predicted octanol–water partition coefficient (Wildman–Crippen LogP) is 2.02. The van der Waals surface area contributed by atoms with Gasteiger partial charge in [0, 0.05) is 7.97 Å². The quantitative estimate of drug-likeness (QED) is 0.685. The highest BCUT2D eigenvalue weighted by atomic mass is 16.5. The first-order chi connectivity index (χ1) is 5.16. The van der Waals surface area contributed by atoms with Crippen molar-refractivity contribution in [1.82, 2.24) is 5.32 Å². The lowest BCUT2D eigenvalue weighted by molar-refractivity contribution is 0.145. The first-order valence-corrected chi connectivity index (χ1v) is 4.07. The molecule has 68 valence electrons. The number of amides is 1. The molecule has 11 heavy (non-hydrogen) atoms. The Kier molecular flexibility index (Phi) is 5.61. The molecule has 1 amide bonds. The topological polar surface area (TPSA) is 38.3 Å². The van der Waals surface area contributed by atoms with Crippen LogP contribution < -0.4 is 5.32 Å². The largest absolute Gasteiger partial charge is 0.450 e. The lowest BCUT2D eigenvalue weighted by atomic mass is 10.2. The molecule has 0 aromatic heterocycles. The first kappa shape index (κ1) is 10.3. The number of alkyl carbamates (subject to hydrolysis) is 1. The summed E-state index contributed by atoms with van der Waals surface area (Å²) in [4.78, 5) is 10.8. The van der Waals surface area contributed by atoms with Gasteiger partial charge in [-0.3, -0.25) is 0 Å². The minimum Gasteiger partial charge on any atom is -0.450 e. The molecule has 0 saturated carbocycles. The van der Waals surface area contributed by atoms with E-state index >= 15 is 0 Å². The third-order valence-electron chi connectivity index (χ3n) is 1.09. The van der Waals surface area contributed by atoms with Gasteiger partial charge in [-0.1, -0.05) is 20.8 Å². The third-order valence-corrected chi connectivity index (χ3v) is 1.09. The molecule has 1 N–H and O–H groups in total. The Hall–Kier alpha value is -0.730. The first-order valence-electron chi connectivity index (χ1n) is 4.07. The van der Waals surface area contributed by atoms with Crippen LogP contribution in [-0.2, 0) is 4.74 Å². The van der Waals surface area contributed by atoms with Gasteiger partial charge in [-0.05, 0) is 12.3 Å². The van der Waals surface area contributed by atoms with Gasteiger partial charge in [0.1, 0.15) is 0 Å². The Morgan fingerprint density at radius 3 is 2.73 bits per heavy atom. The van der Waals surface area contributed by atoms with Crippen molar-refractivity contribution in [2.45, 2.75) is 27.2 Å². The smallest absolute Gasteiger partial charge is 0.407 e. The van der Waals surface area contributed by atoms with Crippen molar-refractivity contribution < 1.29 is 11.0 Å². The van der Waals surface area contributed by atoms with Crippen LogP contribution in [0.2, 0.25) is 0 Å². The Balaban J connectivity index is 0. The Morgan fingerprint density at radius 2 is 2.27 bits per heavy atom. The number of hydrogen-bond acceptors (Lipinski definition) is 2. The van der Waals surface area contributed by atoms with Crippen molar-refractivity contribution in [3.05, 3.63) is 0 Å². The fourth-order valence-corrected chi connectivity index (χ4v) is 0.533. The average molecular weight is 161 g/mol. The maximum absolute atomic E-state index is 10.8. The lowest BCUT2D eigenvalue weighted by Crippen LogP contribution is -2.28. The van der Waals surface area contributed by atoms with E-state index in [1.165, 1.54) is 0 Å². The highest BCUT2D eigenvalue weighted by Gasteiger charge is 2.00. The van der Waals surface area contributed by atoms with E-state index in [9.17, 15) is 4.79 Å². The van der Waals surface area contributed by atoms with Crippen LogP contribution in [0.3, 0.4) is 0 Å². The minimum absolute atomic E-state index is 0. The molecule has 0 aromatic carbocycles. The molecule has 0 rings (SSSR count). The van der Waals surface area contributed by atoms with E-state index in [0.29, 0.717) is 19.1 Å². The molecule has 0 saturated heterocycles. The van der Waals surface area contributed by atoms with Crippen molar-refractivity contribution in [2.75, 3.05) is 13.2 Å². The van der Waals surface area contributed by atoms with Gasteiger partial charge in [-0.25, -0.2) is 4.79 Å². The van der Waals surface area contributed by atoms with Crippen molar-refractivity contribution in [3.8, 4) is 0 Å². The molecule has 0 bridgehead atoms. The maximum Gasteiger partial charge on any atom is 0.407 e. The summed E-state index contributed by atoms with van der Waals surface area (Å²) in [6, 6.07) is 0. The van der Waals surface area contributed by atoms with E-state index in [1.54, 1.807) is 0 Å². The van der Waals surface area contributed by atoms with Crippen molar-refractivity contribution in [1.29, 1.82) is 0 Å². The molecule has 0 aliphatic carbocycles. The van der Waals surface area contributed by atoms with Gasteiger partial charge in [-0.15, -0.1) is 0 Å². The van der Waals surface area contributed by atoms with E-state index < -0.39 is 0 Å². The van der Waals surface area contributed by atoms with E-state index in [1.807, 2.05) is 20.8 Å². The van der Waals surface area contributed by atoms with Gasteiger partial charge in [-0.2, -0.15) is 0 Å². The van der Waals surface area contributed by atoms with Gasteiger partial charge in [0.15, 0.2) is 0 Å². The second-order valence-electron chi connectivity index (χ2n) is 2.91. The van der Waals surface area contributed by atoms with Gasteiger partial charge >= 0.3 is 6.09 Å².